The maximum absolute atomic E-state index is 12.7. The van der Waals surface area contributed by atoms with E-state index in [4.69, 9.17) is 11.6 Å². The predicted octanol–water partition coefficient (Wildman–Crippen LogP) is 4.48. The standard InChI is InChI=1S/C19H20ClNO3/c1-12(14-7-4-3-5-8-14)15(11-18(22)23)19(24)21-17-10-6-9-16(20)13(17)2/h3-10,12,15H,11H2,1-2H3,(H,21,24)(H,22,23)/t12-,15+/m1/s1. The highest BCUT2D eigenvalue weighted by Gasteiger charge is 2.29. The van der Waals surface area contributed by atoms with Crippen molar-refractivity contribution in [1.82, 2.24) is 0 Å². The van der Waals surface area contributed by atoms with Crippen molar-refractivity contribution in [2.45, 2.75) is 26.2 Å². The monoisotopic (exact) mass is 345 g/mol. The van der Waals surface area contributed by atoms with Crippen LogP contribution in [0, 0.1) is 12.8 Å². The molecule has 0 aliphatic heterocycles. The lowest BCUT2D eigenvalue weighted by Gasteiger charge is -2.23. The zero-order valence-electron chi connectivity index (χ0n) is 13.6. The Balaban J connectivity index is 2.25. The molecule has 0 heterocycles. The van der Waals surface area contributed by atoms with Crippen LogP contribution in [0.3, 0.4) is 0 Å². The molecular weight excluding hydrogens is 326 g/mol. The Morgan fingerprint density at radius 3 is 2.42 bits per heavy atom. The highest BCUT2D eigenvalue weighted by Crippen LogP contribution is 2.29. The number of carboxylic acids is 1. The summed E-state index contributed by atoms with van der Waals surface area (Å²) in [6.07, 6.45) is -0.235. The first-order valence-corrected chi connectivity index (χ1v) is 8.10. The van der Waals surface area contributed by atoms with E-state index in [0.717, 1.165) is 11.1 Å². The zero-order valence-corrected chi connectivity index (χ0v) is 14.4. The third kappa shape index (κ3) is 4.36. The first kappa shape index (κ1) is 18.0. The molecule has 0 saturated carbocycles. The van der Waals surface area contributed by atoms with Crippen molar-refractivity contribution in [3.63, 3.8) is 0 Å². The summed E-state index contributed by atoms with van der Waals surface area (Å²) in [5, 5.41) is 12.6. The number of carboxylic acid groups (broad SMARTS) is 1. The number of amides is 1. The van der Waals surface area contributed by atoms with Crippen molar-refractivity contribution in [3.8, 4) is 0 Å². The highest BCUT2D eigenvalue weighted by atomic mass is 35.5. The van der Waals surface area contributed by atoms with Gasteiger partial charge in [0.1, 0.15) is 0 Å². The number of halogens is 1. The summed E-state index contributed by atoms with van der Waals surface area (Å²) in [6.45, 7) is 3.68. The summed E-state index contributed by atoms with van der Waals surface area (Å²) in [5.74, 6) is -2.22. The Morgan fingerprint density at radius 2 is 1.79 bits per heavy atom. The maximum Gasteiger partial charge on any atom is 0.304 e. The van der Waals surface area contributed by atoms with Gasteiger partial charge in [-0.2, -0.15) is 0 Å². The highest BCUT2D eigenvalue weighted by molar-refractivity contribution is 6.31. The second kappa shape index (κ2) is 7.97. The van der Waals surface area contributed by atoms with Gasteiger partial charge in [-0.25, -0.2) is 0 Å². The molecule has 0 bridgehead atoms. The molecule has 0 aliphatic rings. The molecule has 4 nitrogen and oxygen atoms in total. The van der Waals surface area contributed by atoms with Crippen LogP contribution in [0.4, 0.5) is 5.69 Å². The zero-order chi connectivity index (χ0) is 17.7. The summed E-state index contributed by atoms with van der Waals surface area (Å²) < 4.78 is 0. The summed E-state index contributed by atoms with van der Waals surface area (Å²) in [5.41, 5.74) is 2.29. The molecule has 0 radical (unpaired) electrons. The number of carbonyl (C=O) groups is 2. The molecule has 0 saturated heterocycles. The van der Waals surface area contributed by atoms with E-state index in [-0.39, 0.29) is 18.2 Å². The molecule has 2 N–H and O–H groups in total. The van der Waals surface area contributed by atoms with E-state index in [1.54, 1.807) is 18.2 Å². The molecule has 2 rings (SSSR count). The van der Waals surface area contributed by atoms with Crippen LogP contribution < -0.4 is 5.32 Å². The van der Waals surface area contributed by atoms with Gasteiger partial charge in [-0.3, -0.25) is 9.59 Å². The fourth-order valence-electron chi connectivity index (χ4n) is 2.64. The number of hydrogen-bond donors (Lipinski definition) is 2. The van der Waals surface area contributed by atoms with E-state index >= 15 is 0 Å². The smallest absolute Gasteiger partial charge is 0.304 e. The van der Waals surface area contributed by atoms with Gasteiger partial charge in [0, 0.05) is 10.7 Å². The summed E-state index contributed by atoms with van der Waals surface area (Å²) >= 11 is 6.07. The van der Waals surface area contributed by atoms with Crippen LogP contribution in [-0.4, -0.2) is 17.0 Å². The number of nitrogens with one attached hydrogen (secondary N) is 1. The van der Waals surface area contributed by atoms with E-state index < -0.39 is 11.9 Å². The molecule has 5 heteroatoms. The lowest BCUT2D eigenvalue weighted by molar-refractivity contribution is -0.140. The van der Waals surface area contributed by atoms with Gasteiger partial charge in [0.15, 0.2) is 0 Å². The van der Waals surface area contributed by atoms with Crippen LogP contribution in [0.5, 0.6) is 0 Å². The molecule has 2 atom stereocenters. The van der Waals surface area contributed by atoms with Gasteiger partial charge in [-0.1, -0.05) is 54.9 Å². The Kier molecular flexibility index (Phi) is 5.99. The SMILES string of the molecule is Cc1c(Cl)cccc1NC(=O)[C@@H](CC(=O)O)[C@H](C)c1ccccc1. The summed E-state index contributed by atoms with van der Waals surface area (Å²) in [4.78, 5) is 23.9. The quantitative estimate of drug-likeness (QED) is 0.811. The molecule has 1 amide bonds. The van der Waals surface area contributed by atoms with E-state index in [1.807, 2.05) is 44.2 Å². The van der Waals surface area contributed by atoms with Crippen molar-refractivity contribution in [2.24, 2.45) is 5.92 Å². The summed E-state index contributed by atoms with van der Waals surface area (Å²) in [6, 6.07) is 14.7. The molecule has 0 aromatic heterocycles. The molecule has 0 unspecified atom stereocenters. The van der Waals surface area contributed by atoms with Crippen LogP contribution in [0.2, 0.25) is 5.02 Å². The molecule has 2 aromatic rings. The van der Waals surface area contributed by atoms with Gasteiger partial charge in [-0.15, -0.1) is 0 Å². The second-order valence-corrected chi connectivity index (χ2v) is 6.21. The second-order valence-electron chi connectivity index (χ2n) is 5.81. The van der Waals surface area contributed by atoms with Crippen molar-refractivity contribution >= 4 is 29.2 Å². The maximum atomic E-state index is 12.7. The number of hydrogen-bond acceptors (Lipinski definition) is 2. The van der Waals surface area contributed by atoms with Crippen LogP contribution in [0.1, 0.15) is 30.4 Å². The Morgan fingerprint density at radius 1 is 1.12 bits per heavy atom. The topological polar surface area (TPSA) is 66.4 Å². The Labute approximate surface area is 146 Å². The number of benzene rings is 2. The van der Waals surface area contributed by atoms with Gasteiger partial charge >= 0.3 is 5.97 Å². The van der Waals surface area contributed by atoms with E-state index in [1.165, 1.54) is 0 Å². The molecule has 0 spiro atoms. The lowest BCUT2D eigenvalue weighted by Crippen LogP contribution is -2.29. The minimum atomic E-state index is -0.999. The first-order chi connectivity index (χ1) is 11.4. The largest absolute Gasteiger partial charge is 0.481 e. The number of carbonyl (C=O) groups excluding carboxylic acids is 1. The number of rotatable bonds is 6. The minimum absolute atomic E-state index is 0.221. The van der Waals surface area contributed by atoms with Crippen LogP contribution in [-0.2, 0) is 9.59 Å². The normalized spacial score (nSPS) is 13.1. The fraction of sp³-hybridized carbons (Fsp3) is 0.263. The molecule has 2 aromatic carbocycles. The number of anilines is 1. The van der Waals surface area contributed by atoms with Gasteiger partial charge in [0.25, 0.3) is 0 Å². The number of aliphatic carboxylic acids is 1. The van der Waals surface area contributed by atoms with Crippen LogP contribution in [0.25, 0.3) is 0 Å². The minimum Gasteiger partial charge on any atom is -0.481 e. The van der Waals surface area contributed by atoms with E-state index in [9.17, 15) is 14.7 Å². The van der Waals surface area contributed by atoms with Gasteiger partial charge in [-0.05, 0) is 36.1 Å². The summed E-state index contributed by atoms with van der Waals surface area (Å²) in [7, 11) is 0. The van der Waals surface area contributed by atoms with Crippen molar-refractivity contribution in [1.29, 1.82) is 0 Å². The lowest BCUT2D eigenvalue weighted by atomic mass is 9.84. The van der Waals surface area contributed by atoms with Gasteiger partial charge in [0.2, 0.25) is 5.91 Å². The fourth-order valence-corrected chi connectivity index (χ4v) is 2.82. The third-order valence-corrected chi connectivity index (χ3v) is 4.60. The van der Waals surface area contributed by atoms with Crippen molar-refractivity contribution < 1.29 is 14.7 Å². The van der Waals surface area contributed by atoms with Crippen molar-refractivity contribution in [3.05, 3.63) is 64.7 Å². The van der Waals surface area contributed by atoms with E-state index in [0.29, 0.717) is 10.7 Å². The Hall–Kier alpha value is -2.33. The molecule has 24 heavy (non-hydrogen) atoms. The van der Waals surface area contributed by atoms with Crippen LogP contribution in [0.15, 0.2) is 48.5 Å². The van der Waals surface area contributed by atoms with E-state index in [2.05, 4.69) is 5.32 Å². The predicted molar refractivity (Wildman–Crippen MR) is 95.4 cm³/mol. The molecular formula is C19H20ClNO3. The average Bonchev–Trinajstić information content (AvgIpc) is 2.56. The third-order valence-electron chi connectivity index (χ3n) is 4.19. The average molecular weight is 346 g/mol. The molecule has 126 valence electrons. The van der Waals surface area contributed by atoms with Gasteiger partial charge < -0.3 is 10.4 Å². The Bertz CT molecular complexity index is 731. The molecule has 0 aliphatic carbocycles. The van der Waals surface area contributed by atoms with Gasteiger partial charge in [0.05, 0.1) is 12.3 Å². The van der Waals surface area contributed by atoms with Crippen LogP contribution >= 0.6 is 11.6 Å². The van der Waals surface area contributed by atoms with Crippen molar-refractivity contribution in [2.75, 3.05) is 5.32 Å². The molecule has 0 fully saturated rings. The first-order valence-electron chi connectivity index (χ1n) is 7.73.